The lowest BCUT2D eigenvalue weighted by molar-refractivity contribution is 0.206. The predicted octanol–water partition coefficient (Wildman–Crippen LogP) is 2.81. The highest BCUT2D eigenvalue weighted by Crippen LogP contribution is 2.28. The monoisotopic (exact) mass is 437 g/mol. The summed E-state index contributed by atoms with van der Waals surface area (Å²) in [4.78, 5) is 15.0. The van der Waals surface area contributed by atoms with Crippen LogP contribution in [-0.4, -0.2) is 46.8 Å². The highest BCUT2D eigenvalue weighted by molar-refractivity contribution is 7.98. The summed E-state index contributed by atoms with van der Waals surface area (Å²) in [6.45, 7) is 0.814. The molecule has 0 radical (unpaired) electrons. The molecule has 0 fully saturated rings. The fourth-order valence-electron chi connectivity index (χ4n) is 2.68. The molecule has 0 atom stereocenters. The number of hydrogen-bond acceptors (Lipinski definition) is 5. The standard InChI is InChI=1S/C20H27N3O4S2/c1-21-29(25,26)14-16-7-5-15(6-8-16)12-22-20(24)23(2)13-17-9-10-19(28-4)18(11-17)27-3/h5-11,21H,12-14H2,1-4H3,(H,22,24). The molecule has 0 bridgehead atoms. The molecule has 158 valence electrons. The maximum Gasteiger partial charge on any atom is 0.317 e. The van der Waals surface area contributed by atoms with E-state index in [4.69, 9.17) is 4.74 Å². The van der Waals surface area contributed by atoms with Gasteiger partial charge in [0.25, 0.3) is 0 Å². The van der Waals surface area contributed by atoms with Crippen LogP contribution in [0.15, 0.2) is 47.4 Å². The molecule has 0 aromatic heterocycles. The van der Waals surface area contributed by atoms with E-state index in [9.17, 15) is 13.2 Å². The average molecular weight is 438 g/mol. The summed E-state index contributed by atoms with van der Waals surface area (Å²) in [5, 5.41) is 2.87. The van der Waals surface area contributed by atoms with Gasteiger partial charge in [0.1, 0.15) is 5.75 Å². The Labute approximate surface area is 176 Å². The van der Waals surface area contributed by atoms with Gasteiger partial charge >= 0.3 is 6.03 Å². The maximum absolute atomic E-state index is 12.4. The van der Waals surface area contributed by atoms with Crippen LogP contribution in [-0.2, 0) is 28.9 Å². The van der Waals surface area contributed by atoms with Crippen LogP contribution in [0.25, 0.3) is 0 Å². The number of hydrogen-bond donors (Lipinski definition) is 2. The summed E-state index contributed by atoms with van der Waals surface area (Å²) in [5.74, 6) is 0.724. The minimum absolute atomic E-state index is 0.0718. The average Bonchev–Trinajstić information content (AvgIpc) is 2.72. The zero-order valence-electron chi connectivity index (χ0n) is 17.1. The molecule has 2 aromatic carbocycles. The summed E-state index contributed by atoms with van der Waals surface area (Å²) in [5.41, 5.74) is 2.56. The van der Waals surface area contributed by atoms with E-state index in [0.717, 1.165) is 21.8 Å². The van der Waals surface area contributed by atoms with Crippen LogP contribution in [0.1, 0.15) is 16.7 Å². The van der Waals surface area contributed by atoms with E-state index in [-0.39, 0.29) is 11.8 Å². The number of nitrogens with zero attached hydrogens (tertiary/aromatic N) is 1. The predicted molar refractivity (Wildman–Crippen MR) is 117 cm³/mol. The van der Waals surface area contributed by atoms with Crippen molar-refractivity contribution in [2.75, 3.05) is 27.5 Å². The molecule has 29 heavy (non-hydrogen) atoms. The van der Waals surface area contributed by atoms with Gasteiger partial charge in [0.15, 0.2) is 0 Å². The van der Waals surface area contributed by atoms with Crippen LogP contribution < -0.4 is 14.8 Å². The van der Waals surface area contributed by atoms with Crippen LogP contribution in [0, 0.1) is 0 Å². The van der Waals surface area contributed by atoms with Crippen LogP contribution in [0.5, 0.6) is 5.75 Å². The number of rotatable bonds is 9. The first-order valence-corrected chi connectivity index (χ1v) is 11.8. The second-order valence-corrected chi connectivity index (χ2v) is 9.26. The SMILES string of the molecule is CNS(=O)(=O)Cc1ccc(CNC(=O)N(C)Cc2ccc(SC)c(OC)c2)cc1. The van der Waals surface area contributed by atoms with E-state index < -0.39 is 10.0 Å². The van der Waals surface area contributed by atoms with Crippen molar-refractivity contribution >= 4 is 27.8 Å². The van der Waals surface area contributed by atoms with E-state index in [2.05, 4.69) is 10.0 Å². The van der Waals surface area contributed by atoms with Gasteiger partial charge in [0.05, 0.1) is 12.9 Å². The molecule has 0 saturated heterocycles. The molecule has 2 N–H and O–H groups in total. The quantitative estimate of drug-likeness (QED) is 0.589. The minimum Gasteiger partial charge on any atom is -0.496 e. The van der Waals surface area contributed by atoms with Gasteiger partial charge < -0.3 is 15.0 Å². The van der Waals surface area contributed by atoms with Crippen molar-refractivity contribution in [1.82, 2.24) is 14.9 Å². The number of thioether (sulfide) groups is 1. The first-order chi connectivity index (χ1) is 13.8. The molecule has 2 amide bonds. The molecule has 2 rings (SSSR count). The van der Waals surface area contributed by atoms with E-state index in [0.29, 0.717) is 18.7 Å². The molecule has 0 unspecified atom stereocenters. The first kappa shape index (κ1) is 23.1. The molecule has 0 saturated carbocycles. The van der Waals surface area contributed by atoms with Gasteiger partial charge in [-0.1, -0.05) is 30.3 Å². The molecule has 0 aliphatic carbocycles. The topological polar surface area (TPSA) is 87.7 Å². The van der Waals surface area contributed by atoms with E-state index in [1.54, 1.807) is 43.0 Å². The van der Waals surface area contributed by atoms with Crippen LogP contribution in [0.3, 0.4) is 0 Å². The van der Waals surface area contributed by atoms with E-state index >= 15 is 0 Å². The fraction of sp³-hybridized carbons (Fsp3) is 0.350. The van der Waals surface area contributed by atoms with Gasteiger partial charge in [0, 0.05) is 25.0 Å². The molecule has 0 heterocycles. The third kappa shape index (κ3) is 6.95. The van der Waals surface area contributed by atoms with Crippen LogP contribution >= 0.6 is 11.8 Å². The van der Waals surface area contributed by atoms with Gasteiger partial charge in [0.2, 0.25) is 10.0 Å². The maximum atomic E-state index is 12.4. The Bertz CT molecular complexity index is 931. The zero-order chi connectivity index (χ0) is 21.4. The van der Waals surface area contributed by atoms with Gasteiger partial charge in [-0.05, 0) is 42.1 Å². The number of amides is 2. The van der Waals surface area contributed by atoms with E-state index in [1.807, 2.05) is 36.6 Å². The Balaban J connectivity index is 1.90. The number of ether oxygens (including phenoxy) is 1. The Morgan fingerprint density at radius 3 is 2.31 bits per heavy atom. The lowest BCUT2D eigenvalue weighted by Gasteiger charge is -2.19. The molecular weight excluding hydrogens is 410 g/mol. The molecule has 0 spiro atoms. The van der Waals surface area contributed by atoms with Gasteiger partial charge in [-0.15, -0.1) is 11.8 Å². The second kappa shape index (κ2) is 10.5. The molecule has 9 heteroatoms. The highest BCUT2D eigenvalue weighted by atomic mass is 32.2. The third-order valence-electron chi connectivity index (χ3n) is 4.35. The number of sulfonamides is 1. The minimum atomic E-state index is -3.30. The lowest BCUT2D eigenvalue weighted by Crippen LogP contribution is -2.36. The van der Waals surface area contributed by atoms with Crippen molar-refractivity contribution < 1.29 is 17.9 Å². The van der Waals surface area contributed by atoms with Crippen LogP contribution in [0.2, 0.25) is 0 Å². The Morgan fingerprint density at radius 1 is 1.10 bits per heavy atom. The normalized spacial score (nSPS) is 11.2. The third-order valence-corrected chi connectivity index (χ3v) is 6.46. The Hall–Kier alpha value is -2.23. The summed E-state index contributed by atoms with van der Waals surface area (Å²) in [6.07, 6.45) is 1.99. The van der Waals surface area contributed by atoms with Gasteiger partial charge in [-0.25, -0.2) is 17.9 Å². The fourth-order valence-corrected chi connectivity index (χ4v) is 4.01. The second-order valence-electron chi connectivity index (χ2n) is 6.48. The Morgan fingerprint density at radius 2 is 1.72 bits per heavy atom. The molecule has 0 aliphatic heterocycles. The summed E-state index contributed by atoms with van der Waals surface area (Å²) in [6, 6.07) is 12.8. The molecule has 0 aliphatic rings. The number of urea groups is 1. The van der Waals surface area contributed by atoms with Crippen LogP contribution in [0.4, 0.5) is 4.79 Å². The number of carbonyl (C=O) groups is 1. The van der Waals surface area contributed by atoms with E-state index in [1.165, 1.54) is 7.05 Å². The summed E-state index contributed by atoms with van der Waals surface area (Å²) < 4.78 is 30.9. The van der Waals surface area contributed by atoms with Crippen molar-refractivity contribution in [2.45, 2.75) is 23.7 Å². The Kier molecular flexibility index (Phi) is 8.36. The number of methoxy groups -OCH3 is 1. The van der Waals surface area contributed by atoms with Crippen molar-refractivity contribution in [3.8, 4) is 5.75 Å². The summed E-state index contributed by atoms with van der Waals surface area (Å²) in [7, 11) is 1.46. The van der Waals surface area contributed by atoms with Crippen molar-refractivity contribution in [3.05, 3.63) is 59.2 Å². The largest absolute Gasteiger partial charge is 0.496 e. The highest BCUT2D eigenvalue weighted by Gasteiger charge is 2.12. The molecular formula is C20H27N3O4S2. The molecule has 2 aromatic rings. The van der Waals surface area contributed by atoms with Crippen molar-refractivity contribution in [1.29, 1.82) is 0 Å². The number of benzene rings is 2. The molecule has 7 nitrogen and oxygen atoms in total. The van der Waals surface area contributed by atoms with Gasteiger partial charge in [-0.3, -0.25) is 0 Å². The smallest absolute Gasteiger partial charge is 0.317 e. The summed E-state index contributed by atoms with van der Waals surface area (Å²) >= 11 is 1.61. The first-order valence-electron chi connectivity index (χ1n) is 8.97. The zero-order valence-corrected chi connectivity index (χ0v) is 18.7. The van der Waals surface area contributed by atoms with Crippen molar-refractivity contribution in [2.24, 2.45) is 0 Å². The lowest BCUT2D eigenvalue weighted by atomic mass is 10.1. The van der Waals surface area contributed by atoms with Gasteiger partial charge in [-0.2, -0.15) is 0 Å². The number of nitrogens with one attached hydrogen (secondary N) is 2. The number of carbonyl (C=O) groups excluding carboxylic acids is 1. The van der Waals surface area contributed by atoms with Crippen molar-refractivity contribution in [3.63, 3.8) is 0 Å².